The van der Waals surface area contributed by atoms with Gasteiger partial charge in [-0.1, -0.05) is 11.6 Å². The van der Waals surface area contributed by atoms with E-state index in [9.17, 15) is 0 Å². The van der Waals surface area contributed by atoms with Crippen molar-refractivity contribution in [3.05, 3.63) is 23.2 Å². The number of hydrogen-bond donors (Lipinski definition) is 1. The molecule has 2 rings (SSSR count). The Bertz CT molecular complexity index is 537. The van der Waals surface area contributed by atoms with Crippen molar-refractivity contribution in [1.29, 1.82) is 0 Å². The molecule has 0 fully saturated rings. The summed E-state index contributed by atoms with van der Waals surface area (Å²) in [5.74, 6) is 0.651. The lowest BCUT2D eigenvalue weighted by Gasteiger charge is -2.13. The minimum Gasteiger partial charge on any atom is -0.399 e. The zero-order valence-electron chi connectivity index (χ0n) is 10.9. The first-order valence-corrected chi connectivity index (χ1v) is 6.33. The Labute approximate surface area is 116 Å². The van der Waals surface area contributed by atoms with Gasteiger partial charge in [0.05, 0.1) is 6.04 Å². The van der Waals surface area contributed by atoms with Crippen molar-refractivity contribution in [2.45, 2.75) is 19.4 Å². The standard InChI is InChI=1S/C12H16ClN5O/c1-8(3-4-19-2)18-12(15-16-17-18)9-5-10(13)7-11(14)6-9/h5-8H,3-4,14H2,1-2H3. The minimum atomic E-state index is 0.130. The van der Waals surface area contributed by atoms with E-state index in [1.807, 2.05) is 6.92 Å². The number of benzene rings is 1. The van der Waals surface area contributed by atoms with Gasteiger partial charge in [-0.15, -0.1) is 5.10 Å². The molecule has 1 aromatic carbocycles. The van der Waals surface area contributed by atoms with Gasteiger partial charge in [-0.3, -0.25) is 0 Å². The fourth-order valence-corrected chi connectivity index (χ4v) is 2.08. The van der Waals surface area contributed by atoms with Crippen LogP contribution >= 0.6 is 11.6 Å². The Kier molecular flexibility index (Phi) is 4.34. The molecule has 6 nitrogen and oxygen atoms in total. The van der Waals surface area contributed by atoms with Crippen LogP contribution in [0, 0.1) is 0 Å². The van der Waals surface area contributed by atoms with Crippen molar-refractivity contribution in [2.24, 2.45) is 0 Å². The third kappa shape index (κ3) is 3.21. The highest BCUT2D eigenvalue weighted by atomic mass is 35.5. The number of halogens is 1. The van der Waals surface area contributed by atoms with Crippen LogP contribution < -0.4 is 5.73 Å². The first-order valence-electron chi connectivity index (χ1n) is 5.95. The quantitative estimate of drug-likeness (QED) is 0.850. The molecule has 2 aromatic rings. The summed E-state index contributed by atoms with van der Waals surface area (Å²) in [6, 6.07) is 5.42. The van der Waals surface area contributed by atoms with Gasteiger partial charge in [0.25, 0.3) is 0 Å². The van der Waals surface area contributed by atoms with Gasteiger partial charge in [-0.2, -0.15) is 0 Å². The van der Waals surface area contributed by atoms with Crippen molar-refractivity contribution < 1.29 is 4.74 Å². The highest BCUT2D eigenvalue weighted by molar-refractivity contribution is 6.31. The van der Waals surface area contributed by atoms with Crippen LogP contribution in [0.15, 0.2) is 18.2 Å². The van der Waals surface area contributed by atoms with Gasteiger partial charge in [0.1, 0.15) is 0 Å². The number of anilines is 1. The fraction of sp³-hybridized carbons (Fsp3) is 0.417. The van der Waals surface area contributed by atoms with Crippen LogP contribution in [-0.2, 0) is 4.74 Å². The van der Waals surface area contributed by atoms with Crippen molar-refractivity contribution in [2.75, 3.05) is 19.5 Å². The van der Waals surface area contributed by atoms with Gasteiger partial charge in [-0.25, -0.2) is 4.68 Å². The number of nitrogens with two attached hydrogens (primary N) is 1. The van der Waals surface area contributed by atoms with Crippen LogP contribution in [0.2, 0.25) is 5.02 Å². The molecule has 0 spiro atoms. The molecule has 0 bridgehead atoms. The van der Waals surface area contributed by atoms with Crippen LogP contribution in [0.1, 0.15) is 19.4 Å². The number of aromatic nitrogens is 4. The van der Waals surface area contributed by atoms with E-state index in [0.717, 1.165) is 12.0 Å². The number of hydrogen-bond acceptors (Lipinski definition) is 5. The van der Waals surface area contributed by atoms with Crippen LogP contribution in [0.4, 0.5) is 5.69 Å². The molecule has 1 atom stereocenters. The highest BCUT2D eigenvalue weighted by Gasteiger charge is 2.15. The van der Waals surface area contributed by atoms with E-state index in [1.165, 1.54) is 0 Å². The fourth-order valence-electron chi connectivity index (χ4n) is 1.83. The van der Waals surface area contributed by atoms with Crippen molar-refractivity contribution in [3.63, 3.8) is 0 Å². The average molecular weight is 282 g/mol. The second-order valence-electron chi connectivity index (χ2n) is 4.35. The Hall–Kier alpha value is -1.66. The van der Waals surface area contributed by atoms with Crippen LogP contribution in [0.3, 0.4) is 0 Å². The number of methoxy groups -OCH3 is 1. The largest absolute Gasteiger partial charge is 0.399 e. The lowest BCUT2D eigenvalue weighted by atomic mass is 10.1. The van der Waals surface area contributed by atoms with Gasteiger partial charge in [-0.05, 0) is 42.0 Å². The molecule has 1 unspecified atom stereocenters. The molecule has 2 N–H and O–H groups in total. The molecular weight excluding hydrogens is 266 g/mol. The molecule has 0 saturated heterocycles. The lowest BCUT2D eigenvalue weighted by molar-refractivity contribution is 0.178. The van der Waals surface area contributed by atoms with E-state index in [-0.39, 0.29) is 6.04 Å². The number of rotatable bonds is 5. The molecule has 1 heterocycles. The molecule has 19 heavy (non-hydrogen) atoms. The SMILES string of the molecule is COCCC(C)n1nnnc1-c1cc(N)cc(Cl)c1. The number of nitrogen functional groups attached to an aromatic ring is 1. The first-order chi connectivity index (χ1) is 9.11. The van der Waals surface area contributed by atoms with Crippen LogP contribution in [0.5, 0.6) is 0 Å². The lowest BCUT2D eigenvalue weighted by Crippen LogP contribution is -2.11. The number of tetrazole rings is 1. The molecule has 0 aliphatic rings. The van der Waals surface area contributed by atoms with E-state index >= 15 is 0 Å². The topological polar surface area (TPSA) is 78.8 Å². The summed E-state index contributed by atoms with van der Waals surface area (Å²) in [7, 11) is 1.67. The van der Waals surface area contributed by atoms with Crippen molar-refractivity contribution in [3.8, 4) is 11.4 Å². The smallest absolute Gasteiger partial charge is 0.182 e. The van der Waals surface area contributed by atoms with Gasteiger partial charge < -0.3 is 10.5 Å². The zero-order chi connectivity index (χ0) is 13.8. The molecule has 0 aliphatic heterocycles. The summed E-state index contributed by atoms with van der Waals surface area (Å²) in [5, 5.41) is 12.4. The second-order valence-corrected chi connectivity index (χ2v) is 4.79. The third-order valence-electron chi connectivity index (χ3n) is 2.83. The summed E-state index contributed by atoms with van der Waals surface area (Å²) >= 11 is 6.00. The molecule has 0 amide bonds. The van der Waals surface area contributed by atoms with Crippen LogP contribution in [-0.4, -0.2) is 33.9 Å². The van der Waals surface area contributed by atoms with E-state index in [0.29, 0.717) is 23.1 Å². The molecule has 0 radical (unpaired) electrons. The maximum absolute atomic E-state index is 6.00. The van der Waals surface area contributed by atoms with Gasteiger partial charge in [0.2, 0.25) is 0 Å². The molecule has 0 aliphatic carbocycles. The van der Waals surface area contributed by atoms with E-state index < -0.39 is 0 Å². The number of ether oxygens (including phenoxy) is 1. The van der Waals surface area contributed by atoms with E-state index in [1.54, 1.807) is 30.0 Å². The Balaban J connectivity index is 2.32. The van der Waals surface area contributed by atoms with E-state index in [4.69, 9.17) is 22.1 Å². The maximum atomic E-state index is 6.00. The summed E-state index contributed by atoms with van der Waals surface area (Å²) < 4.78 is 6.83. The second kappa shape index (κ2) is 5.99. The molecular formula is C12H16ClN5O. The Morgan fingerprint density at radius 3 is 2.89 bits per heavy atom. The van der Waals surface area contributed by atoms with Crippen molar-refractivity contribution in [1.82, 2.24) is 20.2 Å². The predicted octanol–water partition coefficient (Wildman–Crippen LogP) is 2.17. The Morgan fingerprint density at radius 1 is 1.42 bits per heavy atom. The minimum absolute atomic E-state index is 0.130. The predicted molar refractivity (Wildman–Crippen MR) is 73.9 cm³/mol. The summed E-state index contributed by atoms with van der Waals surface area (Å²) in [6.07, 6.45) is 0.824. The zero-order valence-corrected chi connectivity index (χ0v) is 11.6. The van der Waals surface area contributed by atoms with Crippen LogP contribution in [0.25, 0.3) is 11.4 Å². The van der Waals surface area contributed by atoms with Gasteiger partial charge >= 0.3 is 0 Å². The van der Waals surface area contributed by atoms with Gasteiger partial charge in [0, 0.05) is 30.0 Å². The third-order valence-corrected chi connectivity index (χ3v) is 3.05. The number of nitrogens with zero attached hydrogens (tertiary/aromatic N) is 4. The monoisotopic (exact) mass is 281 g/mol. The van der Waals surface area contributed by atoms with Gasteiger partial charge in [0.15, 0.2) is 5.82 Å². The summed E-state index contributed by atoms with van der Waals surface area (Å²) in [6.45, 7) is 2.69. The Morgan fingerprint density at radius 2 is 2.21 bits per heavy atom. The summed E-state index contributed by atoms with van der Waals surface area (Å²) in [4.78, 5) is 0. The summed E-state index contributed by atoms with van der Waals surface area (Å²) in [5.41, 5.74) is 7.18. The molecule has 102 valence electrons. The molecule has 0 saturated carbocycles. The highest BCUT2D eigenvalue weighted by Crippen LogP contribution is 2.26. The van der Waals surface area contributed by atoms with E-state index in [2.05, 4.69) is 15.5 Å². The average Bonchev–Trinajstić information content (AvgIpc) is 2.84. The first kappa shape index (κ1) is 13.8. The molecule has 7 heteroatoms. The maximum Gasteiger partial charge on any atom is 0.182 e. The normalized spacial score (nSPS) is 12.6. The molecule has 1 aromatic heterocycles. The van der Waals surface area contributed by atoms with Crippen molar-refractivity contribution >= 4 is 17.3 Å².